The molecule has 2 rings (SSSR count). The molecule has 5 nitrogen and oxygen atoms in total. The summed E-state index contributed by atoms with van der Waals surface area (Å²) >= 11 is 0. The van der Waals surface area contributed by atoms with Crippen molar-refractivity contribution in [2.24, 2.45) is 0 Å². The summed E-state index contributed by atoms with van der Waals surface area (Å²) in [5, 5.41) is 2.55. The summed E-state index contributed by atoms with van der Waals surface area (Å²) in [5.41, 5.74) is 1.55. The molecule has 0 atom stereocenters. The zero-order chi connectivity index (χ0) is 17.7. The fourth-order valence-electron chi connectivity index (χ4n) is 2.00. The second-order valence-electron chi connectivity index (χ2n) is 5.03. The topological polar surface area (TPSA) is 75.3 Å². The Balaban J connectivity index is 2.02. The molecule has 2 aromatic carbocycles. The van der Waals surface area contributed by atoms with Crippen LogP contribution in [-0.4, -0.2) is 20.9 Å². The third-order valence-electron chi connectivity index (χ3n) is 3.19. The van der Waals surface area contributed by atoms with Gasteiger partial charge in [-0.05, 0) is 36.2 Å². The van der Waals surface area contributed by atoms with E-state index in [-0.39, 0.29) is 0 Å². The van der Waals surface area contributed by atoms with Crippen molar-refractivity contribution in [2.45, 2.75) is 18.2 Å². The Morgan fingerprint density at radius 2 is 1.75 bits per heavy atom. The van der Waals surface area contributed by atoms with E-state index in [2.05, 4.69) is 5.32 Å². The van der Waals surface area contributed by atoms with E-state index in [1.807, 2.05) is 17.7 Å². The van der Waals surface area contributed by atoms with Gasteiger partial charge in [0.2, 0.25) is 15.9 Å². The molecule has 0 aliphatic carbocycles. The molecule has 24 heavy (non-hydrogen) atoms. The van der Waals surface area contributed by atoms with Gasteiger partial charge in [-0.2, -0.15) is 0 Å². The van der Waals surface area contributed by atoms with E-state index in [4.69, 9.17) is 0 Å². The van der Waals surface area contributed by atoms with Crippen molar-refractivity contribution >= 4 is 21.6 Å². The minimum absolute atomic E-state index is 0.537. The van der Waals surface area contributed by atoms with Gasteiger partial charge in [-0.1, -0.05) is 19.1 Å². The van der Waals surface area contributed by atoms with Gasteiger partial charge in [-0.15, -0.1) is 0 Å². The molecule has 0 aliphatic heterocycles. The predicted molar refractivity (Wildman–Crippen MR) is 86.0 cm³/mol. The van der Waals surface area contributed by atoms with E-state index in [1.165, 1.54) is 0 Å². The van der Waals surface area contributed by atoms with Crippen molar-refractivity contribution in [3.63, 3.8) is 0 Å². The van der Waals surface area contributed by atoms with Crippen LogP contribution in [0.2, 0.25) is 0 Å². The summed E-state index contributed by atoms with van der Waals surface area (Å²) in [7, 11) is -4.20. The maximum Gasteiger partial charge on any atom is 0.241 e. The van der Waals surface area contributed by atoms with E-state index in [9.17, 15) is 22.0 Å². The molecule has 0 saturated carbocycles. The highest BCUT2D eigenvalue weighted by molar-refractivity contribution is 7.89. The van der Waals surface area contributed by atoms with Crippen LogP contribution in [0.3, 0.4) is 0 Å². The summed E-state index contributed by atoms with van der Waals surface area (Å²) in [6.45, 7) is 1.41. The number of rotatable bonds is 6. The number of anilines is 1. The highest BCUT2D eigenvalue weighted by Crippen LogP contribution is 2.14. The normalized spacial score (nSPS) is 11.3. The number of amides is 1. The third-order valence-corrected chi connectivity index (χ3v) is 4.57. The van der Waals surface area contributed by atoms with Crippen LogP contribution in [0, 0.1) is 11.6 Å². The fourth-order valence-corrected chi connectivity index (χ4v) is 3.03. The molecule has 8 heteroatoms. The molecule has 2 aromatic rings. The molecule has 0 aliphatic rings. The van der Waals surface area contributed by atoms with E-state index < -0.39 is 39.0 Å². The van der Waals surface area contributed by atoms with Crippen molar-refractivity contribution in [3.05, 3.63) is 59.7 Å². The molecule has 0 radical (unpaired) electrons. The van der Waals surface area contributed by atoms with Gasteiger partial charge in [0.1, 0.15) is 11.6 Å². The Morgan fingerprint density at radius 1 is 1.08 bits per heavy atom. The summed E-state index contributed by atoms with van der Waals surface area (Å²) < 4.78 is 52.2. The Hall–Kier alpha value is -2.32. The molecule has 0 bridgehead atoms. The molecule has 0 unspecified atom stereocenters. The lowest BCUT2D eigenvalue weighted by Crippen LogP contribution is -2.33. The molecule has 0 saturated heterocycles. The van der Waals surface area contributed by atoms with E-state index >= 15 is 0 Å². The first-order chi connectivity index (χ1) is 11.3. The summed E-state index contributed by atoms with van der Waals surface area (Å²) in [6.07, 6.45) is 0.793. The molecular formula is C16H16F2N2O3S. The molecule has 2 N–H and O–H groups in total. The Kier molecular flexibility index (Phi) is 5.63. The van der Waals surface area contributed by atoms with Gasteiger partial charge in [-0.3, -0.25) is 4.79 Å². The molecule has 1 amide bonds. The lowest BCUT2D eigenvalue weighted by Gasteiger charge is -2.09. The lowest BCUT2D eigenvalue weighted by molar-refractivity contribution is -0.115. The molecule has 128 valence electrons. The lowest BCUT2D eigenvalue weighted by atomic mass is 10.1. The number of carbonyl (C=O) groups excluding carboxylic acids is 1. The SMILES string of the molecule is CCc1cccc(NC(=O)CNS(=O)(=O)c2cc(F)cc(F)c2)c1. The third kappa shape index (κ3) is 4.84. The monoisotopic (exact) mass is 354 g/mol. The molecular weight excluding hydrogens is 338 g/mol. The van der Waals surface area contributed by atoms with Crippen LogP contribution < -0.4 is 10.0 Å². The maximum absolute atomic E-state index is 13.1. The first-order valence-corrected chi connectivity index (χ1v) is 8.63. The van der Waals surface area contributed by atoms with Crippen molar-refractivity contribution in [3.8, 4) is 0 Å². The largest absolute Gasteiger partial charge is 0.325 e. The van der Waals surface area contributed by atoms with Crippen LogP contribution in [0.15, 0.2) is 47.4 Å². The highest BCUT2D eigenvalue weighted by atomic mass is 32.2. The van der Waals surface area contributed by atoms with Gasteiger partial charge < -0.3 is 5.32 Å². The van der Waals surface area contributed by atoms with E-state index in [0.29, 0.717) is 23.9 Å². The molecule has 0 heterocycles. The number of benzene rings is 2. The van der Waals surface area contributed by atoms with Crippen molar-refractivity contribution in [1.82, 2.24) is 4.72 Å². The first-order valence-electron chi connectivity index (χ1n) is 7.14. The van der Waals surface area contributed by atoms with Crippen molar-refractivity contribution < 1.29 is 22.0 Å². The minimum atomic E-state index is -4.20. The number of carbonyl (C=O) groups is 1. The molecule has 0 spiro atoms. The number of sulfonamides is 1. The summed E-state index contributed by atoms with van der Waals surface area (Å²) in [6, 6.07) is 9.03. The standard InChI is InChI=1S/C16H16F2N2O3S/c1-2-11-4-3-5-14(6-11)20-16(21)10-19-24(22,23)15-8-12(17)7-13(18)9-15/h3-9,19H,2,10H2,1H3,(H,20,21). The van der Waals surface area contributed by atoms with Gasteiger partial charge in [0.25, 0.3) is 0 Å². The second kappa shape index (κ2) is 7.50. The average Bonchev–Trinajstić information content (AvgIpc) is 2.52. The van der Waals surface area contributed by atoms with E-state index in [0.717, 1.165) is 12.0 Å². The minimum Gasteiger partial charge on any atom is -0.325 e. The van der Waals surface area contributed by atoms with Gasteiger partial charge in [0.05, 0.1) is 11.4 Å². The quantitative estimate of drug-likeness (QED) is 0.837. The smallest absolute Gasteiger partial charge is 0.241 e. The summed E-state index contributed by atoms with van der Waals surface area (Å²) in [5.74, 6) is -2.63. The Bertz CT molecular complexity index is 834. The summed E-state index contributed by atoms with van der Waals surface area (Å²) in [4.78, 5) is 11.3. The number of halogens is 2. The van der Waals surface area contributed by atoms with Crippen molar-refractivity contribution in [1.29, 1.82) is 0 Å². The van der Waals surface area contributed by atoms with Crippen LogP contribution in [0.5, 0.6) is 0 Å². The first kappa shape index (κ1) is 18.0. The van der Waals surface area contributed by atoms with E-state index in [1.54, 1.807) is 18.2 Å². The van der Waals surface area contributed by atoms with Crippen LogP contribution >= 0.6 is 0 Å². The van der Waals surface area contributed by atoms with Crippen LogP contribution in [0.25, 0.3) is 0 Å². The zero-order valence-electron chi connectivity index (χ0n) is 12.8. The fraction of sp³-hybridized carbons (Fsp3) is 0.188. The van der Waals surface area contributed by atoms with Gasteiger partial charge in [-0.25, -0.2) is 21.9 Å². The van der Waals surface area contributed by atoms with Gasteiger partial charge in [0.15, 0.2) is 0 Å². The molecule has 0 aromatic heterocycles. The van der Waals surface area contributed by atoms with Crippen LogP contribution in [-0.2, 0) is 21.2 Å². The van der Waals surface area contributed by atoms with Gasteiger partial charge >= 0.3 is 0 Å². The Labute approximate surface area is 138 Å². The van der Waals surface area contributed by atoms with Crippen LogP contribution in [0.1, 0.15) is 12.5 Å². The molecule has 0 fully saturated rings. The zero-order valence-corrected chi connectivity index (χ0v) is 13.7. The maximum atomic E-state index is 13.1. The average molecular weight is 354 g/mol. The predicted octanol–water partition coefficient (Wildman–Crippen LogP) is 2.44. The number of hydrogen-bond acceptors (Lipinski definition) is 3. The highest BCUT2D eigenvalue weighted by Gasteiger charge is 2.17. The number of nitrogens with one attached hydrogen (secondary N) is 2. The second-order valence-corrected chi connectivity index (χ2v) is 6.80. The number of aryl methyl sites for hydroxylation is 1. The van der Waals surface area contributed by atoms with Crippen molar-refractivity contribution in [2.75, 3.05) is 11.9 Å². The number of hydrogen-bond donors (Lipinski definition) is 2. The van der Waals surface area contributed by atoms with Gasteiger partial charge in [0, 0.05) is 11.8 Å². The Morgan fingerprint density at radius 3 is 2.38 bits per heavy atom. The van der Waals surface area contributed by atoms with Crippen LogP contribution in [0.4, 0.5) is 14.5 Å².